The van der Waals surface area contributed by atoms with E-state index in [-0.39, 0.29) is 18.0 Å². The van der Waals surface area contributed by atoms with Gasteiger partial charge in [0.2, 0.25) is 5.95 Å². The first-order chi connectivity index (χ1) is 9.11. The van der Waals surface area contributed by atoms with Crippen molar-refractivity contribution in [3.63, 3.8) is 0 Å². The van der Waals surface area contributed by atoms with Crippen LogP contribution in [0, 0.1) is 0 Å². The summed E-state index contributed by atoms with van der Waals surface area (Å²) < 4.78 is 5.50. The second-order valence-electron chi connectivity index (χ2n) is 4.59. The van der Waals surface area contributed by atoms with Crippen LogP contribution in [0.3, 0.4) is 0 Å². The molecule has 5 nitrogen and oxygen atoms in total. The smallest absolute Gasteiger partial charge is 0.223 e. The number of hydrogen-bond acceptors (Lipinski definition) is 5. The third-order valence-corrected chi connectivity index (χ3v) is 2.78. The molecule has 5 heteroatoms. The van der Waals surface area contributed by atoms with Crippen LogP contribution in [0.25, 0.3) is 0 Å². The number of benzene rings is 1. The molecule has 0 aliphatic heterocycles. The Labute approximate surface area is 112 Å². The minimum atomic E-state index is -0.330. The number of nitrogens with two attached hydrogens (primary N) is 1. The number of nitrogen functional groups attached to an aromatic ring is 1. The molecule has 2 aromatic rings. The lowest BCUT2D eigenvalue weighted by molar-refractivity contribution is 0.128. The van der Waals surface area contributed by atoms with Crippen molar-refractivity contribution >= 4 is 5.95 Å². The molecule has 1 aromatic carbocycles. The number of rotatable bonds is 4. The van der Waals surface area contributed by atoms with E-state index in [4.69, 9.17) is 10.5 Å². The summed E-state index contributed by atoms with van der Waals surface area (Å²) in [6, 6.07) is 9.81. The van der Waals surface area contributed by atoms with Crippen LogP contribution in [0.5, 0.6) is 0 Å². The number of hydrogen-bond donors (Lipinski definition) is 1. The maximum absolute atomic E-state index is 5.75. The Morgan fingerprint density at radius 3 is 2.21 bits per heavy atom. The average Bonchev–Trinajstić information content (AvgIpc) is 2.40. The lowest BCUT2D eigenvalue weighted by atomic mass is 10.1. The van der Waals surface area contributed by atoms with Crippen LogP contribution in [-0.4, -0.2) is 22.1 Å². The first-order valence-corrected chi connectivity index (χ1v) is 6.21. The van der Waals surface area contributed by atoms with Gasteiger partial charge in [0.25, 0.3) is 0 Å². The van der Waals surface area contributed by atoms with Crippen LogP contribution in [0.2, 0.25) is 0 Å². The Hall–Kier alpha value is -2.01. The highest BCUT2D eigenvalue weighted by atomic mass is 16.5. The normalized spacial score (nSPS) is 12.6. The van der Waals surface area contributed by atoms with Crippen molar-refractivity contribution in [1.82, 2.24) is 15.0 Å². The third-order valence-electron chi connectivity index (χ3n) is 2.78. The number of anilines is 1. The summed E-state index contributed by atoms with van der Waals surface area (Å²) in [6.07, 6.45) is -0.330. The van der Waals surface area contributed by atoms with Gasteiger partial charge in [-0.25, -0.2) is 4.98 Å². The van der Waals surface area contributed by atoms with Crippen molar-refractivity contribution in [1.29, 1.82) is 0 Å². The van der Waals surface area contributed by atoms with Gasteiger partial charge in [0.05, 0.1) is 0 Å². The number of aromatic nitrogens is 3. The zero-order chi connectivity index (χ0) is 13.8. The number of nitrogens with zero attached hydrogens (tertiary/aromatic N) is 3. The predicted molar refractivity (Wildman–Crippen MR) is 73.6 cm³/mol. The van der Waals surface area contributed by atoms with Crippen LogP contribution in [0.4, 0.5) is 5.95 Å². The van der Waals surface area contributed by atoms with Crippen LogP contribution in [0.15, 0.2) is 30.3 Å². The monoisotopic (exact) mass is 258 g/mol. The molecule has 100 valence electrons. The van der Waals surface area contributed by atoms with Crippen molar-refractivity contribution < 1.29 is 4.74 Å². The maximum Gasteiger partial charge on any atom is 0.223 e. The second-order valence-corrected chi connectivity index (χ2v) is 4.59. The standard InChI is InChI=1S/C14H18N4O/c1-9(2)12-16-13(18-14(15)17-12)11(19-3)10-7-5-4-6-8-10/h4-9,11H,1-3H3,(H2,15,16,17,18). The SMILES string of the molecule is COC(c1ccccc1)c1nc(N)nc(C(C)C)n1. The van der Waals surface area contributed by atoms with Crippen LogP contribution in [0.1, 0.15) is 43.1 Å². The van der Waals surface area contributed by atoms with Crippen LogP contribution < -0.4 is 5.73 Å². The van der Waals surface area contributed by atoms with Gasteiger partial charge >= 0.3 is 0 Å². The minimum absolute atomic E-state index is 0.192. The van der Waals surface area contributed by atoms with Gasteiger partial charge in [-0.15, -0.1) is 0 Å². The van der Waals surface area contributed by atoms with Crippen LogP contribution in [-0.2, 0) is 4.74 Å². The lowest BCUT2D eigenvalue weighted by Gasteiger charge is -2.16. The summed E-state index contributed by atoms with van der Waals surface area (Å²) in [5, 5.41) is 0. The van der Waals surface area contributed by atoms with E-state index in [9.17, 15) is 0 Å². The Morgan fingerprint density at radius 2 is 1.63 bits per heavy atom. The molecule has 0 aliphatic rings. The van der Waals surface area contributed by atoms with Gasteiger partial charge in [-0.2, -0.15) is 9.97 Å². The summed E-state index contributed by atoms with van der Waals surface area (Å²) in [7, 11) is 1.63. The Morgan fingerprint density at radius 1 is 1.00 bits per heavy atom. The van der Waals surface area contributed by atoms with Gasteiger partial charge in [-0.05, 0) is 5.56 Å². The fourth-order valence-electron chi connectivity index (χ4n) is 1.82. The Kier molecular flexibility index (Phi) is 4.06. The fraction of sp³-hybridized carbons (Fsp3) is 0.357. The molecular formula is C14H18N4O. The van der Waals surface area contributed by atoms with E-state index in [2.05, 4.69) is 15.0 Å². The Bertz CT molecular complexity index is 542. The number of methoxy groups -OCH3 is 1. The van der Waals surface area contributed by atoms with E-state index in [1.807, 2.05) is 44.2 Å². The van der Waals surface area contributed by atoms with Gasteiger partial charge in [-0.3, -0.25) is 0 Å². The highest BCUT2D eigenvalue weighted by molar-refractivity contribution is 5.26. The highest BCUT2D eigenvalue weighted by Gasteiger charge is 2.19. The van der Waals surface area contributed by atoms with Crippen molar-refractivity contribution in [2.45, 2.75) is 25.9 Å². The van der Waals surface area contributed by atoms with Gasteiger partial charge in [0, 0.05) is 13.0 Å². The molecule has 2 rings (SSSR count). The van der Waals surface area contributed by atoms with Crippen molar-refractivity contribution in [3.8, 4) is 0 Å². The lowest BCUT2D eigenvalue weighted by Crippen LogP contribution is -2.14. The molecule has 0 saturated carbocycles. The van der Waals surface area contributed by atoms with E-state index < -0.39 is 0 Å². The highest BCUT2D eigenvalue weighted by Crippen LogP contribution is 2.23. The topological polar surface area (TPSA) is 73.9 Å². The second kappa shape index (κ2) is 5.75. The first kappa shape index (κ1) is 13.4. The molecule has 0 saturated heterocycles. The first-order valence-electron chi connectivity index (χ1n) is 6.21. The quantitative estimate of drug-likeness (QED) is 0.911. The van der Waals surface area contributed by atoms with Crippen molar-refractivity contribution in [2.75, 3.05) is 12.8 Å². The summed E-state index contributed by atoms with van der Waals surface area (Å²) >= 11 is 0. The molecule has 1 unspecified atom stereocenters. The van der Waals surface area contributed by atoms with E-state index >= 15 is 0 Å². The minimum Gasteiger partial charge on any atom is -0.369 e. The van der Waals surface area contributed by atoms with Gasteiger partial charge in [-0.1, -0.05) is 44.2 Å². The van der Waals surface area contributed by atoms with Gasteiger partial charge < -0.3 is 10.5 Å². The van der Waals surface area contributed by atoms with E-state index in [1.165, 1.54) is 0 Å². The summed E-state index contributed by atoms with van der Waals surface area (Å²) in [4.78, 5) is 12.8. The Balaban J connectivity index is 2.44. The molecule has 1 aromatic heterocycles. The molecule has 0 fully saturated rings. The summed E-state index contributed by atoms with van der Waals surface area (Å²) in [5.41, 5.74) is 6.74. The van der Waals surface area contributed by atoms with Crippen LogP contribution >= 0.6 is 0 Å². The van der Waals surface area contributed by atoms with Gasteiger partial charge in [0.15, 0.2) is 5.82 Å². The zero-order valence-electron chi connectivity index (χ0n) is 11.4. The molecule has 0 bridgehead atoms. The summed E-state index contributed by atoms with van der Waals surface area (Å²) in [6.45, 7) is 4.03. The largest absolute Gasteiger partial charge is 0.369 e. The molecule has 2 N–H and O–H groups in total. The number of ether oxygens (including phenoxy) is 1. The average molecular weight is 258 g/mol. The molecule has 1 atom stereocenters. The van der Waals surface area contributed by atoms with Gasteiger partial charge in [0.1, 0.15) is 11.9 Å². The zero-order valence-corrected chi connectivity index (χ0v) is 11.4. The maximum atomic E-state index is 5.75. The molecule has 19 heavy (non-hydrogen) atoms. The van der Waals surface area contributed by atoms with E-state index in [1.54, 1.807) is 7.11 Å². The van der Waals surface area contributed by atoms with E-state index in [0.29, 0.717) is 11.6 Å². The predicted octanol–water partition coefficient (Wildman–Crippen LogP) is 2.31. The molecule has 0 aliphatic carbocycles. The van der Waals surface area contributed by atoms with Crippen molar-refractivity contribution in [3.05, 3.63) is 47.5 Å². The molecule has 0 amide bonds. The van der Waals surface area contributed by atoms with Crippen molar-refractivity contribution in [2.24, 2.45) is 0 Å². The molecule has 0 radical (unpaired) electrons. The summed E-state index contributed by atoms with van der Waals surface area (Å²) in [5.74, 6) is 1.65. The molecule has 1 heterocycles. The molecule has 0 spiro atoms. The molecular weight excluding hydrogens is 240 g/mol. The fourth-order valence-corrected chi connectivity index (χ4v) is 1.82. The van der Waals surface area contributed by atoms with E-state index in [0.717, 1.165) is 5.56 Å². The third kappa shape index (κ3) is 3.06.